The zero-order valence-electron chi connectivity index (χ0n) is 20.7. The lowest BCUT2D eigenvalue weighted by molar-refractivity contribution is -0.101. The zero-order valence-corrected chi connectivity index (χ0v) is 20.7. The minimum absolute atomic E-state index is 0.127. The maximum Gasteiger partial charge on any atom is 0.411 e. The van der Waals surface area contributed by atoms with Crippen LogP contribution in [0.25, 0.3) is 11.1 Å². The molecule has 0 radical (unpaired) electrons. The summed E-state index contributed by atoms with van der Waals surface area (Å²) in [6.45, 7) is 10.1. The van der Waals surface area contributed by atoms with E-state index in [1.165, 1.54) is 0 Å². The number of carbonyl (C=O) groups is 1. The van der Waals surface area contributed by atoms with Crippen LogP contribution in [-0.2, 0) is 10.3 Å². The Morgan fingerprint density at radius 3 is 2.21 bits per heavy atom. The lowest BCUT2D eigenvalue weighted by atomic mass is 9.80. The summed E-state index contributed by atoms with van der Waals surface area (Å²) in [5.41, 5.74) is 4.42. The number of cyclic esters (lactones) is 1. The number of rotatable bonds is 6. The van der Waals surface area contributed by atoms with Gasteiger partial charge in [0, 0.05) is 30.8 Å². The number of hydrogen-bond acceptors (Lipinski definition) is 4. The van der Waals surface area contributed by atoms with Crippen molar-refractivity contribution in [2.45, 2.75) is 64.7 Å². The molecule has 1 aliphatic rings. The van der Waals surface area contributed by atoms with Crippen LogP contribution in [0.2, 0.25) is 0 Å². The summed E-state index contributed by atoms with van der Waals surface area (Å²) < 4.78 is 6.13. The molecule has 2 heterocycles. The average molecular weight is 459 g/mol. The number of carbonyl (C=O) groups excluding carboxylic acids is 1. The van der Waals surface area contributed by atoms with E-state index in [4.69, 9.17) is 4.74 Å². The summed E-state index contributed by atoms with van der Waals surface area (Å²) in [5, 5.41) is 10.6. The van der Waals surface area contributed by atoms with Gasteiger partial charge in [-0.25, -0.2) is 4.79 Å². The van der Waals surface area contributed by atoms with Gasteiger partial charge in [0.1, 0.15) is 5.60 Å². The molecule has 5 heteroatoms. The second-order valence-electron chi connectivity index (χ2n) is 10.1. The lowest BCUT2D eigenvalue weighted by Gasteiger charge is -2.45. The number of nitrogens with zero attached hydrogens (tertiary/aromatic N) is 2. The van der Waals surface area contributed by atoms with Crippen molar-refractivity contribution in [3.8, 4) is 11.1 Å². The number of pyridine rings is 1. The molecule has 1 aromatic heterocycles. The van der Waals surface area contributed by atoms with E-state index in [0.717, 1.165) is 33.6 Å². The first-order chi connectivity index (χ1) is 16.1. The van der Waals surface area contributed by atoms with E-state index in [9.17, 15) is 9.90 Å². The summed E-state index contributed by atoms with van der Waals surface area (Å²) in [6.07, 6.45) is 0.610. The van der Waals surface area contributed by atoms with Gasteiger partial charge in [0.2, 0.25) is 0 Å². The monoisotopic (exact) mass is 458 g/mol. The molecule has 1 amide bonds. The molecule has 34 heavy (non-hydrogen) atoms. The van der Waals surface area contributed by atoms with Crippen LogP contribution in [0.15, 0.2) is 66.7 Å². The third kappa shape index (κ3) is 5.15. The predicted octanol–water partition coefficient (Wildman–Crippen LogP) is 6.33. The van der Waals surface area contributed by atoms with Crippen molar-refractivity contribution >= 4 is 6.09 Å². The number of hydrogen-bond donors (Lipinski definition) is 1. The molecule has 0 saturated carbocycles. The highest BCUT2D eigenvalue weighted by molar-refractivity contribution is 5.70. The molecular weight excluding hydrogens is 424 g/mol. The smallest absolute Gasteiger partial charge is 0.411 e. The molecule has 2 aromatic carbocycles. The van der Waals surface area contributed by atoms with Gasteiger partial charge in [0.25, 0.3) is 0 Å². The Hall–Kier alpha value is -3.18. The molecular formula is C29H34N2O3. The Morgan fingerprint density at radius 2 is 1.65 bits per heavy atom. The SMILES string of the molecule is Cc1cc(-c2ccc(C(C)N3CCC(CC(C)(C)O)(c4ccccc4)OC3=O)cc2)cc(C)n1. The molecule has 1 N–H and O–H groups in total. The van der Waals surface area contributed by atoms with Crippen LogP contribution in [-0.4, -0.2) is 33.2 Å². The van der Waals surface area contributed by atoms with Crippen molar-refractivity contribution < 1.29 is 14.6 Å². The Bertz CT molecular complexity index is 1130. The van der Waals surface area contributed by atoms with E-state index >= 15 is 0 Å². The molecule has 1 fully saturated rings. The van der Waals surface area contributed by atoms with Gasteiger partial charge in [-0.15, -0.1) is 0 Å². The van der Waals surface area contributed by atoms with Crippen molar-refractivity contribution in [3.05, 3.63) is 89.2 Å². The maximum absolute atomic E-state index is 13.3. The molecule has 0 spiro atoms. The zero-order chi connectivity index (χ0) is 24.5. The molecule has 1 aliphatic heterocycles. The average Bonchev–Trinajstić information content (AvgIpc) is 2.78. The lowest BCUT2D eigenvalue weighted by Crippen LogP contribution is -2.51. The molecule has 5 nitrogen and oxygen atoms in total. The second kappa shape index (κ2) is 9.22. The van der Waals surface area contributed by atoms with Crippen molar-refractivity contribution in [2.24, 2.45) is 0 Å². The van der Waals surface area contributed by atoms with Gasteiger partial charge in [0.05, 0.1) is 11.6 Å². The van der Waals surface area contributed by atoms with Crippen molar-refractivity contribution in [1.82, 2.24) is 9.88 Å². The summed E-state index contributed by atoms with van der Waals surface area (Å²) in [4.78, 5) is 19.5. The highest BCUT2D eigenvalue weighted by atomic mass is 16.6. The first kappa shape index (κ1) is 24.0. The molecule has 0 bridgehead atoms. The highest BCUT2D eigenvalue weighted by Gasteiger charge is 2.46. The van der Waals surface area contributed by atoms with Crippen LogP contribution >= 0.6 is 0 Å². The second-order valence-corrected chi connectivity index (χ2v) is 10.1. The standard InChI is InChI=1S/C29H34N2O3/c1-20-17-25(18-21(2)30-20)24-13-11-23(12-14-24)22(3)31-16-15-29(34-27(31)32,19-28(4,5)33)26-9-7-6-8-10-26/h6-14,17-18,22,33H,15-16,19H2,1-5H3. The minimum atomic E-state index is -0.969. The highest BCUT2D eigenvalue weighted by Crippen LogP contribution is 2.42. The molecule has 1 saturated heterocycles. The van der Waals surface area contributed by atoms with Crippen LogP contribution in [0.4, 0.5) is 4.79 Å². The van der Waals surface area contributed by atoms with Crippen LogP contribution < -0.4 is 0 Å². The third-order valence-electron chi connectivity index (χ3n) is 6.57. The van der Waals surface area contributed by atoms with Gasteiger partial charge in [-0.1, -0.05) is 54.6 Å². The Morgan fingerprint density at radius 1 is 1.03 bits per heavy atom. The van der Waals surface area contributed by atoms with Crippen molar-refractivity contribution in [1.29, 1.82) is 0 Å². The van der Waals surface area contributed by atoms with Crippen LogP contribution in [0.1, 0.15) is 62.2 Å². The molecule has 4 rings (SSSR count). The number of aromatic nitrogens is 1. The van der Waals surface area contributed by atoms with Crippen LogP contribution in [0.5, 0.6) is 0 Å². The fourth-order valence-electron chi connectivity index (χ4n) is 5.03. The maximum atomic E-state index is 13.3. The number of benzene rings is 2. The Balaban J connectivity index is 1.54. The van der Waals surface area contributed by atoms with Crippen LogP contribution in [0.3, 0.4) is 0 Å². The van der Waals surface area contributed by atoms with Crippen molar-refractivity contribution in [2.75, 3.05) is 6.54 Å². The quantitative estimate of drug-likeness (QED) is 0.469. The van der Waals surface area contributed by atoms with E-state index in [-0.39, 0.29) is 12.1 Å². The predicted molar refractivity (Wildman–Crippen MR) is 134 cm³/mol. The largest absolute Gasteiger partial charge is 0.438 e. The van der Waals surface area contributed by atoms with Gasteiger partial charge < -0.3 is 14.7 Å². The van der Waals surface area contributed by atoms with Crippen LogP contribution in [0, 0.1) is 13.8 Å². The van der Waals surface area contributed by atoms with E-state index < -0.39 is 11.2 Å². The van der Waals surface area contributed by atoms with E-state index in [2.05, 4.69) is 41.4 Å². The number of aryl methyl sites for hydroxylation is 2. The summed E-state index contributed by atoms with van der Waals surface area (Å²) in [7, 11) is 0. The number of amides is 1. The number of ether oxygens (including phenoxy) is 1. The first-order valence-corrected chi connectivity index (χ1v) is 11.9. The van der Waals surface area contributed by atoms with Gasteiger partial charge >= 0.3 is 6.09 Å². The fourth-order valence-corrected chi connectivity index (χ4v) is 5.03. The van der Waals surface area contributed by atoms with E-state index in [1.807, 2.05) is 51.1 Å². The Kier molecular flexibility index (Phi) is 6.50. The van der Waals surface area contributed by atoms with Gasteiger partial charge in [-0.3, -0.25) is 4.98 Å². The first-order valence-electron chi connectivity index (χ1n) is 11.9. The Labute approximate surface area is 202 Å². The summed E-state index contributed by atoms with van der Waals surface area (Å²) in [5.74, 6) is 0. The van der Waals surface area contributed by atoms with Crippen molar-refractivity contribution in [3.63, 3.8) is 0 Å². The molecule has 0 aliphatic carbocycles. The van der Waals surface area contributed by atoms with Gasteiger partial charge in [-0.2, -0.15) is 0 Å². The molecule has 2 atom stereocenters. The summed E-state index contributed by atoms with van der Waals surface area (Å²) in [6, 6.07) is 22.2. The number of aliphatic hydroxyl groups is 1. The normalized spacial score (nSPS) is 19.6. The van der Waals surface area contributed by atoms with E-state index in [1.54, 1.807) is 18.7 Å². The van der Waals surface area contributed by atoms with Gasteiger partial charge in [-0.05, 0) is 69.0 Å². The molecule has 178 valence electrons. The third-order valence-corrected chi connectivity index (χ3v) is 6.57. The molecule has 3 aromatic rings. The molecule has 2 unspecified atom stereocenters. The van der Waals surface area contributed by atoms with Gasteiger partial charge in [0.15, 0.2) is 0 Å². The van der Waals surface area contributed by atoms with E-state index in [0.29, 0.717) is 19.4 Å². The summed E-state index contributed by atoms with van der Waals surface area (Å²) >= 11 is 0. The topological polar surface area (TPSA) is 62.7 Å². The minimum Gasteiger partial charge on any atom is -0.438 e. The fraction of sp³-hybridized carbons (Fsp3) is 0.379.